The third-order valence-corrected chi connectivity index (χ3v) is 6.71. The topological polar surface area (TPSA) is 76.1 Å². The summed E-state index contributed by atoms with van der Waals surface area (Å²) in [4.78, 5) is 27.8. The molecule has 0 saturated carbocycles. The van der Waals surface area contributed by atoms with Gasteiger partial charge in [0.15, 0.2) is 11.5 Å². The first-order chi connectivity index (χ1) is 16.8. The van der Waals surface area contributed by atoms with Crippen LogP contribution in [0.3, 0.4) is 0 Å². The second-order valence-corrected chi connectivity index (χ2v) is 9.34. The van der Waals surface area contributed by atoms with Crippen LogP contribution in [-0.4, -0.2) is 42.5 Å². The molecule has 1 aliphatic rings. The van der Waals surface area contributed by atoms with Crippen LogP contribution in [0.2, 0.25) is 5.02 Å². The summed E-state index contributed by atoms with van der Waals surface area (Å²) in [5, 5.41) is 11.7. The van der Waals surface area contributed by atoms with Crippen molar-refractivity contribution >= 4 is 45.0 Å². The van der Waals surface area contributed by atoms with Gasteiger partial charge in [-0.3, -0.25) is 9.59 Å². The molecule has 0 aliphatic carbocycles. The highest BCUT2D eigenvalue weighted by molar-refractivity contribution is 9.10. The Hall–Kier alpha value is -3.29. The number of benzene rings is 3. The van der Waals surface area contributed by atoms with Crippen LogP contribution >= 0.6 is 27.5 Å². The number of hydrogen-bond acceptors (Lipinski definition) is 5. The number of carbonyl (C=O) groups is 2. The zero-order valence-electron chi connectivity index (χ0n) is 19.1. The van der Waals surface area contributed by atoms with Crippen molar-refractivity contribution < 1.29 is 24.2 Å². The number of aliphatic hydroxyl groups is 1. The minimum Gasteiger partial charge on any atom is -0.507 e. The zero-order valence-corrected chi connectivity index (χ0v) is 21.5. The van der Waals surface area contributed by atoms with E-state index in [4.69, 9.17) is 21.1 Å². The number of amides is 1. The lowest BCUT2D eigenvalue weighted by Gasteiger charge is -2.25. The molecule has 1 aliphatic heterocycles. The maximum Gasteiger partial charge on any atom is 0.295 e. The van der Waals surface area contributed by atoms with Crippen molar-refractivity contribution in [2.24, 2.45) is 0 Å². The van der Waals surface area contributed by atoms with E-state index >= 15 is 0 Å². The standard InChI is InChI=1S/C27H23BrClNO5/c1-34-21-12-3-16(15-22(21)35-2)13-14-30-24(17-6-10-20(29)11-7-17)23(26(32)27(30)33)25(31)18-4-8-19(28)9-5-18/h3-12,15,24,31H,13-14H2,1-2H3. The van der Waals surface area contributed by atoms with Gasteiger partial charge in [0.05, 0.1) is 25.8 Å². The number of nitrogens with zero attached hydrogens (tertiary/aromatic N) is 1. The summed E-state index contributed by atoms with van der Waals surface area (Å²) < 4.78 is 11.5. The predicted molar refractivity (Wildman–Crippen MR) is 138 cm³/mol. The van der Waals surface area contributed by atoms with E-state index in [2.05, 4.69) is 15.9 Å². The van der Waals surface area contributed by atoms with Crippen LogP contribution in [0.25, 0.3) is 5.76 Å². The lowest BCUT2D eigenvalue weighted by molar-refractivity contribution is -0.139. The summed E-state index contributed by atoms with van der Waals surface area (Å²) >= 11 is 9.45. The fraction of sp³-hybridized carbons (Fsp3) is 0.185. The van der Waals surface area contributed by atoms with Crippen LogP contribution in [0.15, 0.2) is 76.8 Å². The monoisotopic (exact) mass is 555 g/mol. The van der Waals surface area contributed by atoms with E-state index in [1.807, 2.05) is 12.1 Å². The Balaban J connectivity index is 1.73. The molecule has 1 amide bonds. The molecule has 0 bridgehead atoms. The molecule has 3 aromatic carbocycles. The smallest absolute Gasteiger partial charge is 0.295 e. The largest absolute Gasteiger partial charge is 0.507 e. The molecule has 1 N–H and O–H groups in total. The molecule has 0 radical (unpaired) electrons. The second kappa shape index (κ2) is 10.5. The molecule has 8 heteroatoms. The number of rotatable bonds is 7. The van der Waals surface area contributed by atoms with Crippen LogP contribution in [-0.2, 0) is 16.0 Å². The van der Waals surface area contributed by atoms with E-state index in [-0.39, 0.29) is 17.9 Å². The van der Waals surface area contributed by atoms with Crippen LogP contribution in [0, 0.1) is 0 Å². The van der Waals surface area contributed by atoms with E-state index in [1.54, 1.807) is 68.8 Å². The number of likely N-dealkylation sites (tertiary alicyclic amines) is 1. The second-order valence-electron chi connectivity index (χ2n) is 7.99. The summed E-state index contributed by atoms with van der Waals surface area (Å²) in [6.07, 6.45) is 0.468. The number of aliphatic hydroxyl groups excluding tert-OH is 1. The van der Waals surface area contributed by atoms with Crippen molar-refractivity contribution in [1.82, 2.24) is 4.90 Å². The first-order valence-corrected chi connectivity index (χ1v) is 12.0. The maximum absolute atomic E-state index is 13.2. The Morgan fingerprint density at radius 1 is 0.971 bits per heavy atom. The number of halogens is 2. The van der Waals surface area contributed by atoms with Gasteiger partial charge >= 0.3 is 0 Å². The molecule has 35 heavy (non-hydrogen) atoms. The third kappa shape index (κ3) is 5.06. The molecule has 6 nitrogen and oxygen atoms in total. The van der Waals surface area contributed by atoms with Crippen molar-refractivity contribution in [2.75, 3.05) is 20.8 Å². The number of ketones is 1. The van der Waals surface area contributed by atoms with Gasteiger partial charge < -0.3 is 19.5 Å². The van der Waals surface area contributed by atoms with Crippen molar-refractivity contribution in [1.29, 1.82) is 0 Å². The molecular weight excluding hydrogens is 534 g/mol. The summed E-state index contributed by atoms with van der Waals surface area (Å²) in [5.74, 6) is -0.421. The van der Waals surface area contributed by atoms with Crippen molar-refractivity contribution in [3.63, 3.8) is 0 Å². The third-order valence-electron chi connectivity index (χ3n) is 5.93. The van der Waals surface area contributed by atoms with Crippen LogP contribution in [0.1, 0.15) is 22.7 Å². The number of Topliss-reactive ketones (excluding diaryl/α,β-unsaturated/α-hetero) is 1. The van der Waals surface area contributed by atoms with Crippen molar-refractivity contribution in [3.8, 4) is 11.5 Å². The van der Waals surface area contributed by atoms with E-state index in [0.717, 1.165) is 10.0 Å². The van der Waals surface area contributed by atoms with Gasteiger partial charge in [-0.2, -0.15) is 0 Å². The maximum atomic E-state index is 13.2. The minimum atomic E-state index is -0.754. The molecule has 4 rings (SSSR count). The highest BCUT2D eigenvalue weighted by Crippen LogP contribution is 2.40. The highest BCUT2D eigenvalue weighted by Gasteiger charge is 2.45. The summed E-state index contributed by atoms with van der Waals surface area (Å²) in [6.45, 7) is 0.254. The van der Waals surface area contributed by atoms with Crippen molar-refractivity contribution in [2.45, 2.75) is 12.5 Å². The molecule has 3 aromatic rings. The van der Waals surface area contributed by atoms with E-state index in [0.29, 0.717) is 34.1 Å². The van der Waals surface area contributed by atoms with Crippen LogP contribution in [0.5, 0.6) is 11.5 Å². The SMILES string of the molecule is COc1ccc(CCN2C(=O)C(=O)C(=C(O)c3ccc(Br)cc3)C2c2ccc(Cl)cc2)cc1OC. The highest BCUT2D eigenvalue weighted by atomic mass is 79.9. The van der Waals surface area contributed by atoms with Gasteiger partial charge in [0, 0.05) is 21.6 Å². The first kappa shape index (κ1) is 24.8. The van der Waals surface area contributed by atoms with Gasteiger partial charge in [0.25, 0.3) is 11.7 Å². The Morgan fingerprint density at radius 3 is 2.26 bits per heavy atom. The Labute approximate surface area is 216 Å². The fourth-order valence-electron chi connectivity index (χ4n) is 4.15. The zero-order chi connectivity index (χ0) is 25.1. The fourth-order valence-corrected chi connectivity index (χ4v) is 4.54. The summed E-state index contributed by atoms with van der Waals surface area (Å²) in [5.41, 5.74) is 2.09. The molecule has 0 aromatic heterocycles. The molecule has 1 fully saturated rings. The number of hydrogen-bond donors (Lipinski definition) is 1. The van der Waals surface area contributed by atoms with E-state index in [1.165, 1.54) is 4.90 Å². The van der Waals surface area contributed by atoms with Crippen molar-refractivity contribution in [3.05, 3.63) is 98.5 Å². The van der Waals surface area contributed by atoms with Gasteiger partial charge in [-0.15, -0.1) is 0 Å². The molecule has 0 spiro atoms. The van der Waals surface area contributed by atoms with E-state index in [9.17, 15) is 14.7 Å². The predicted octanol–water partition coefficient (Wildman–Crippen LogP) is 5.78. The van der Waals surface area contributed by atoms with Gasteiger partial charge in [-0.05, 0) is 53.9 Å². The molecule has 1 heterocycles. The molecule has 180 valence electrons. The average Bonchev–Trinajstić information content (AvgIpc) is 3.12. The molecule has 1 atom stereocenters. The molecule has 1 unspecified atom stereocenters. The Bertz CT molecular complexity index is 1290. The minimum absolute atomic E-state index is 0.0481. The Kier molecular flexibility index (Phi) is 7.48. The van der Waals surface area contributed by atoms with Gasteiger partial charge in [-0.25, -0.2) is 0 Å². The Morgan fingerprint density at radius 2 is 1.63 bits per heavy atom. The normalized spacial score (nSPS) is 17.0. The lowest BCUT2D eigenvalue weighted by atomic mass is 9.95. The quantitative estimate of drug-likeness (QED) is 0.227. The average molecular weight is 557 g/mol. The molecule has 1 saturated heterocycles. The van der Waals surface area contributed by atoms with Gasteiger partial charge in [0.1, 0.15) is 5.76 Å². The first-order valence-electron chi connectivity index (χ1n) is 10.8. The van der Waals surface area contributed by atoms with Gasteiger partial charge in [-0.1, -0.05) is 57.9 Å². The number of methoxy groups -OCH3 is 2. The van der Waals surface area contributed by atoms with Crippen LogP contribution in [0.4, 0.5) is 0 Å². The molecular formula is C27H23BrClNO5. The number of carbonyl (C=O) groups excluding carboxylic acids is 2. The van der Waals surface area contributed by atoms with Gasteiger partial charge in [0.2, 0.25) is 0 Å². The van der Waals surface area contributed by atoms with Crippen LogP contribution < -0.4 is 9.47 Å². The number of ether oxygens (including phenoxy) is 2. The van der Waals surface area contributed by atoms with E-state index < -0.39 is 17.7 Å². The summed E-state index contributed by atoms with van der Waals surface area (Å²) in [6, 6.07) is 18.6. The lowest BCUT2D eigenvalue weighted by Crippen LogP contribution is -2.31. The summed E-state index contributed by atoms with van der Waals surface area (Å²) in [7, 11) is 3.12.